The van der Waals surface area contributed by atoms with Crippen LogP contribution in [-0.4, -0.2) is 29.1 Å². The zero-order valence-electron chi connectivity index (χ0n) is 9.39. The van der Waals surface area contributed by atoms with E-state index in [1.807, 2.05) is 0 Å². The molecule has 1 saturated heterocycles. The van der Waals surface area contributed by atoms with Gasteiger partial charge in [-0.25, -0.2) is 4.79 Å². The summed E-state index contributed by atoms with van der Waals surface area (Å²) in [7, 11) is 0. The second-order valence-electron chi connectivity index (χ2n) is 4.21. The quantitative estimate of drug-likeness (QED) is 0.846. The number of hydrogen-bond acceptors (Lipinski definition) is 3. The van der Waals surface area contributed by atoms with Crippen molar-refractivity contribution in [2.24, 2.45) is 5.92 Å². The minimum atomic E-state index is -0.900. The lowest BCUT2D eigenvalue weighted by Gasteiger charge is -2.20. The summed E-state index contributed by atoms with van der Waals surface area (Å²) in [6.07, 6.45) is 5.39. The molecule has 4 heteroatoms. The number of rotatable bonds is 3. The predicted octanol–water partition coefficient (Wildman–Crippen LogP) is 2.02. The highest BCUT2D eigenvalue weighted by Crippen LogP contribution is 2.27. The van der Waals surface area contributed by atoms with Gasteiger partial charge in [0.2, 0.25) is 0 Å². The van der Waals surface area contributed by atoms with Gasteiger partial charge in [0, 0.05) is 25.5 Å². The molecule has 0 radical (unpaired) electrons. The molecule has 2 rings (SSSR count). The lowest BCUT2D eigenvalue weighted by atomic mass is 10.1. The number of carboxylic acid groups (broad SMARTS) is 1. The Kier molecular flexibility index (Phi) is 3.08. The molecule has 0 aromatic carbocycles. The Morgan fingerprint density at radius 3 is 3.12 bits per heavy atom. The molecule has 1 aliphatic rings. The van der Waals surface area contributed by atoms with Gasteiger partial charge < -0.3 is 10.0 Å². The van der Waals surface area contributed by atoms with Gasteiger partial charge >= 0.3 is 5.97 Å². The van der Waals surface area contributed by atoms with Gasteiger partial charge in [0.25, 0.3) is 0 Å². The largest absolute Gasteiger partial charge is 0.478 e. The molecule has 0 bridgehead atoms. The van der Waals surface area contributed by atoms with E-state index in [0.29, 0.717) is 11.5 Å². The van der Waals surface area contributed by atoms with Crippen LogP contribution >= 0.6 is 0 Å². The highest BCUT2D eigenvalue weighted by Gasteiger charge is 2.24. The van der Waals surface area contributed by atoms with E-state index in [1.165, 1.54) is 6.20 Å². The van der Waals surface area contributed by atoms with E-state index in [1.54, 1.807) is 12.3 Å². The topological polar surface area (TPSA) is 53.4 Å². The normalized spacial score (nSPS) is 20.1. The van der Waals surface area contributed by atoms with Crippen LogP contribution in [0.5, 0.6) is 0 Å². The van der Waals surface area contributed by atoms with Crippen molar-refractivity contribution in [3.05, 3.63) is 24.0 Å². The molecule has 1 aliphatic heterocycles. The maximum absolute atomic E-state index is 11.1. The number of carbonyl (C=O) groups is 1. The molecule has 1 aromatic heterocycles. The summed E-state index contributed by atoms with van der Waals surface area (Å²) in [5, 5.41) is 9.08. The Morgan fingerprint density at radius 1 is 1.69 bits per heavy atom. The average Bonchev–Trinajstić information content (AvgIpc) is 2.77. The van der Waals surface area contributed by atoms with Crippen LogP contribution in [0.25, 0.3) is 0 Å². The summed E-state index contributed by atoms with van der Waals surface area (Å²) in [6, 6.07) is 1.79. The second-order valence-corrected chi connectivity index (χ2v) is 4.21. The van der Waals surface area contributed by atoms with Crippen molar-refractivity contribution in [1.29, 1.82) is 0 Å². The minimum absolute atomic E-state index is 0.305. The van der Waals surface area contributed by atoms with E-state index < -0.39 is 5.97 Å². The van der Waals surface area contributed by atoms with Gasteiger partial charge in [-0.15, -0.1) is 0 Å². The number of nitrogens with zero attached hydrogens (tertiary/aromatic N) is 2. The first kappa shape index (κ1) is 10.9. The Balaban J connectivity index is 2.24. The molecule has 1 N–H and O–H groups in total. The Bertz CT molecular complexity index is 392. The Hall–Kier alpha value is -1.58. The van der Waals surface area contributed by atoms with Crippen LogP contribution in [0.15, 0.2) is 18.5 Å². The molecule has 16 heavy (non-hydrogen) atoms. The number of pyridine rings is 1. The van der Waals surface area contributed by atoms with Crippen LogP contribution in [0.4, 0.5) is 5.69 Å². The molecular formula is C12H16N2O2. The number of carboxylic acids is 1. The van der Waals surface area contributed by atoms with Crippen LogP contribution in [0, 0.1) is 5.92 Å². The molecule has 0 unspecified atom stereocenters. The number of aromatic carboxylic acids is 1. The molecule has 0 amide bonds. The van der Waals surface area contributed by atoms with Crippen molar-refractivity contribution in [2.45, 2.75) is 19.8 Å². The highest BCUT2D eigenvalue weighted by molar-refractivity contribution is 5.94. The van der Waals surface area contributed by atoms with E-state index >= 15 is 0 Å². The monoisotopic (exact) mass is 220 g/mol. The Labute approximate surface area is 94.9 Å². The average molecular weight is 220 g/mol. The predicted molar refractivity (Wildman–Crippen MR) is 61.8 cm³/mol. The number of hydrogen-bond donors (Lipinski definition) is 1. The molecule has 2 heterocycles. The number of anilines is 1. The van der Waals surface area contributed by atoms with Crippen molar-refractivity contribution < 1.29 is 9.90 Å². The lowest BCUT2D eigenvalue weighted by Crippen LogP contribution is -2.22. The molecule has 1 aromatic rings. The van der Waals surface area contributed by atoms with Gasteiger partial charge in [-0.1, -0.05) is 13.3 Å². The molecule has 1 fully saturated rings. The summed E-state index contributed by atoms with van der Waals surface area (Å²) < 4.78 is 0. The SMILES string of the molecule is CC[C@@H]1CCN(c2ccncc2C(=O)O)C1. The standard InChI is InChI=1S/C12H16N2O2/c1-2-9-4-6-14(8-9)11-3-5-13-7-10(11)12(15)16/h3,5,7,9H,2,4,6,8H2,1H3,(H,15,16)/t9-/m1/s1. The highest BCUT2D eigenvalue weighted by atomic mass is 16.4. The van der Waals surface area contributed by atoms with E-state index in [2.05, 4.69) is 16.8 Å². The van der Waals surface area contributed by atoms with Crippen LogP contribution in [0.1, 0.15) is 30.1 Å². The zero-order valence-corrected chi connectivity index (χ0v) is 9.39. The fraction of sp³-hybridized carbons (Fsp3) is 0.500. The summed E-state index contributed by atoms with van der Waals surface area (Å²) >= 11 is 0. The van der Waals surface area contributed by atoms with E-state index in [-0.39, 0.29) is 0 Å². The van der Waals surface area contributed by atoms with Crippen molar-refractivity contribution in [2.75, 3.05) is 18.0 Å². The maximum atomic E-state index is 11.1. The molecule has 4 nitrogen and oxygen atoms in total. The fourth-order valence-electron chi connectivity index (χ4n) is 2.21. The van der Waals surface area contributed by atoms with Gasteiger partial charge in [0.15, 0.2) is 0 Å². The zero-order chi connectivity index (χ0) is 11.5. The van der Waals surface area contributed by atoms with Crippen LogP contribution in [-0.2, 0) is 0 Å². The van der Waals surface area contributed by atoms with Crippen molar-refractivity contribution >= 4 is 11.7 Å². The minimum Gasteiger partial charge on any atom is -0.478 e. The van der Waals surface area contributed by atoms with Gasteiger partial charge in [-0.2, -0.15) is 0 Å². The van der Waals surface area contributed by atoms with Crippen molar-refractivity contribution in [3.8, 4) is 0 Å². The van der Waals surface area contributed by atoms with Crippen molar-refractivity contribution in [1.82, 2.24) is 4.98 Å². The number of aromatic nitrogens is 1. The first-order valence-corrected chi connectivity index (χ1v) is 5.64. The Morgan fingerprint density at radius 2 is 2.50 bits per heavy atom. The van der Waals surface area contributed by atoms with Crippen LogP contribution in [0.3, 0.4) is 0 Å². The third kappa shape index (κ3) is 2.01. The summed E-state index contributed by atoms with van der Waals surface area (Å²) in [4.78, 5) is 17.1. The summed E-state index contributed by atoms with van der Waals surface area (Å²) in [5.74, 6) is -0.210. The maximum Gasteiger partial charge on any atom is 0.339 e. The van der Waals surface area contributed by atoms with Gasteiger partial charge in [0.05, 0.1) is 5.69 Å². The van der Waals surface area contributed by atoms with Gasteiger partial charge in [-0.05, 0) is 18.4 Å². The molecule has 0 aliphatic carbocycles. The third-order valence-corrected chi connectivity index (χ3v) is 3.23. The molecule has 0 saturated carbocycles. The third-order valence-electron chi connectivity index (χ3n) is 3.23. The van der Waals surface area contributed by atoms with Gasteiger partial charge in [0.1, 0.15) is 5.56 Å². The lowest BCUT2D eigenvalue weighted by molar-refractivity contribution is 0.0697. The van der Waals surface area contributed by atoms with Gasteiger partial charge in [-0.3, -0.25) is 4.98 Å². The van der Waals surface area contributed by atoms with E-state index in [4.69, 9.17) is 5.11 Å². The van der Waals surface area contributed by atoms with Crippen LogP contribution in [0.2, 0.25) is 0 Å². The smallest absolute Gasteiger partial charge is 0.339 e. The first-order valence-electron chi connectivity index (χ1n) is 5.64. The van der Waals surface area contributed by atoms with Crippen molar-refractivity contribution in [3.63, 3.8) is 0 Å². The molecule has 0 spiro atoms. The van der Waals surface area contributed by atoms with Crippen LogP contribution < -0.4 is 4.90 Å². The fourth-order valence-corrected chi connectivity index (χ4v) is 2.21. The molecule has 86 valence electrons. The molecule has 1 atom stereocenters. The van der Waals surface area contributed by atoms with E-state index in [9.17, 15) is 4.79 Å². The second kappa shape index (κ2) is 4.51. The molecular weight excluding hydrogens is 204 g/mol. The summed E-state index contributed by atoms with van der Waals surface area (Å²) in [5.41, 5.74) is 1.11. The summed E-state index contributed by atoms with van der Waals surface area (Å²) in [6.45, 7) is 4.09. The first-order chi connectivity index (χ1) is 7.72. The van der Waals surface area contributed by atoms with E-state index in [0.717, 1.165) is 31.6 Å².